The molecule has 0 N–H and O–H groups in total. The summed E-state index contributed by atoms with van der Waals surface area (Å²) in [5.74, 6) is 0. The van der Waals surface area contributed by atoms with E-state index < -0.39 is 0 Å². The second-order valence-electron chi connectivity index (χ2n) is 4.46. The van der Waals surface area contributed by atoms with Gasteiger partial charge >= 0.3 is 0 Å². The van der Waals surface area contributed by atoms with Crippen molar-refractivity contribution in [1.82, 2.24) is 4.98 Å². The number of aromatic nitrogens is 1. The summed E-state index contributed by atoms with van der Waals surface area (Å²) in [4.78, 5) is 8.58. The summed E-state index contributed by atoms with van der Waals surface area (Å²) in [6.45, 7) is 5.46. The maximum Gasteiger partial charge on any atom is 0.186 e. The van der Waals surface area contributed by atoms with Gasteiger partial charge in [0.25, 0.3) is 0 Å². The van der Waals surface area contributed by atoms with Crippen molar-refractivity contribution in [2.24, 2.45) is 0 Å². The Kier molecular flexibility index (Phi) is 4.25. The van der Waals surface area contributed by atoms with Gasteiger partial charge in [-0.2, -0.15) is 0 Å². The van der Waals surface area contributed by atoms with Crippen molar-refractivity contribution in [3.05, 3.63) is 10.6 Å². The SMILES string of the molecule is Cc1nc(N2CCCCC2CCBr)sc1C. The van der Waals surface area contributed by atoms with Crippen LogP contribution >= 0.6 is 27.3 Å². The maximum atomic E-state index is 4.70. The quantitative estimate of drug-likeness (QED) is 0.787. The van der Waals surface area contributed by atoms with Crippen molar-refractivity contribution >= 4 is 32.4 Å². The largest absolute Gasteiger partial charge is 0.345 e. The van der Waals surface area contributed by atoms with Gasteiger partial charge in [0, 0.05) is 22.8 Å². The van der Waals surface area contributed by atoms with E-state index in [4.69, 9.17) is 4.98 Å². The van der Waals surface area contributed by atoms with Crippen LogP contribution in [-0.2, 0) is 0 Å². The molecule has 4 heteroatoms. The van der Waals surface area contributed by atoms with Gasteiger partial charge in [-0.25, -0.2) is 4.98 Å². The number of thiazole rings is 1. The molecule has 1 aromatic heterocycles. The van der Waals surface area contributed by atoms with E-state index in [0.717, 1.165) is 5.33 Å². The van der Waals surface area contributed by atoms with Crippen LogP contribution < -0.4 is 4.90 Å². The molecular weight excluding hydrogens is 284 g/mol. The zero-order valence-electron chi connectivity index (χ0n) is 10.0. The minimum Gasteiger partial charge on any atom is -0.345 e. The second-order valence-corrected chi connectivity index (χ2v) is 6.43. The molecule has 1 atom stereocenters. The van der Waals surface area contributed by atoms with Crippen molar-refractivity contribution in [3.63, 3.8) is 0 Å². The monoisotopic (exact) mass is 302 g/mol. The number of nitrogens with zero attached hydrogens (tertiary/aromatic N) is 2. The Labute approximate surface area is 110 Å². The van der Waals surface area contributed by atoms with Crippen molar-refractivity contribution < 1.29 is 0 Å². The van der Waals surface area contributed by atoms with Gasteiger partial charge in [0.05, 0.1) is 5.69 Å². The third kappa shape index (κ3) is 2.59. The van der Waals surface area contributed by atoms with Crippen LogP contribution in [0.1, 0.15) is 36.3 Å². The lowest BCUT2D eigenvalue weighted by atomic mass is 10.0. The summed E-state index contributed by atoms with van der Waals surface area (Å²) in [6, 6.07) is 0.693. The molecule has 2 rings (SSSR count). The zero-order chi connectivity index (χ0) is 11.5. The number of alkyl halides is 1. The number of hydrogen-bond donors (Lipinski definition) is 0. The lowest BCUT2D eigenvalue weighted by Gasteiger charge is -2.35. The van der Waals surface area contributed by atoms with Gasteiger partial charge < -0.3 is 4.90 Å². The molecule has 1 aliphatic heterocycles. The van der Waals surface area contributed by atoms with Gasteiger partial charge in [-0.1, -0.05) is 15.9 Å². The normalized spacial score (nSPS) is 21.4. The van der Waals surface area contributed by atoms with E-state index in [2.05, 4.69) is 34.7 Å². The molecule has 1 fully saturated rings. The molecule has 90 valence electrons. The average Bonchev–Trinajstić information content (AvgIpc) is 2.60. The lowest BCUT2D eigenvalue weighted by Crippen LogP contribution is -2.39. The van der Waals surface area contributed by atoms with Crippen LogP contribution in [0.3, 0.4) is 0 Å². The predicted octanol–water partition coefficient (Wildman–Crippen LogP) is 3.90. The zero-order valence-corrected chi connectivity index (χ0v) is 12.4. The molecule has 0 bridgehead atoms. The van der Waals surface area contributed by atoms with Crippen LogP contribution in [0.5, 0.6) is 0 Å². The van der Waals surface area contributed by atoms with Crippen LogP contribution in [0.15, 0.2) is 0 Å². The molecule has 1 aliphatic rings. The highest BCUT2D eigenvalue weighted by Gasteiger charge is 2.24. The summed E-state index contributed by atoms with van der Waals surface area (Å²) >= 11 is 5.41. The first-order valence-corrected chi connectivity index (χ1v) is 7.93. The van der Waals surface area contributed by atoms with Gasteiger partial charge in [0.2, 0.25) is 0 Å². The fourth-order valence-corrected chi connectivity index (χ4v) is 3.79. The Morgan fingerprint density at radius 3 is 2.88 bits per heavy atom. The number of rotatable bonds is 3. The summed E-state index contributed by atoms with van der Waals surface area (Å²) in [5, 5.41) is 2.33. The van der Waals surface area contributed by atoms with Crippen molar-refractivity contribution in [3.8, 4) is 0 Å². The number of hydrogen-bond acceptors (Lipinski definition) is 3. The molecule has 0 spiro atoms. The first kappa shape index (κ1) is 12.4. The maximum absolute atomic E-state index is 4.70. The molecule has 1 aromatic rings. The average molecular weight is 303 g/mol. The Morgan fingerprint density at radius 1 is 1.44 bits per heavy atom. The van der Waals surface area contributed by atoms with Crippen molar-refractivity contribution in [2.75, 3.05) is 16.8 Å². The van der Waals surface area contributed by atoms with Crippen LogP contribution in [0, 0.1) is 13.8 Å². The fraction of sp³-hybridized carbons (Fsp3) is 0.750. The summed E-state index contributed by atoms with van der Waals surface area (Å²) < 4.78 is 0. The molecule has 0 amide bonds. The van der Waals surface area contributed by atoms with E-state index in [1.54, 1.807) is 0 Å². The lowest BCUT2D eigenvalue weighted by molar-refractivity contribution is 0.452. The number of aryl methyl sites for hydroxylation is 2. The van der Waals surface area contributed by atoms with Crippen LogP contribution in [0.4, 0.5) is 5.13 Å². The van der Waals surface area contributed by atoms with E-state index >= 15 is 0 Å². The number of halogens is 1. The Bertz CT molecular complexity index is 329. The minimum atomic E-state index is 0.693. The molecule has 0 radical (unpaired) electrons. The topological polar surface area (TPSA) is 16.1 Å². The third-order valence-corrected chi connectivity index (χ3v) is 4.90. The van der Waals surface area contributed by atoms with Crippen LogP contribution in [0.25, 0.3) is 0 Å². The number of anilines is 1. The highest BCUT2D eigenvalue weighted by Crippen LogP contribution is 2.31. The van der Waals surface area contributed by atoms with E-state index in [0.29, 0.717) is 6.04 Å². The Hall–Kier alpha value is -0.0900. The summed E-state index contributed by atoms with van der Waals surface area (Å²) in [7, 11) is 0. The molecule has 1 saturated heterocycles. The first-order valence-electron chi connectivity index (χ1n) is 5.99. The second kappa shape index (κ2) is 5.50. The van der Waals surface area contributed by atoms with Crippen LogP contribution in [-0.4, -0.2) is 22.9 Å². The molecule has 0 saturated carbocycles. The fourth-order valence-electron chi connectivity index (χ4n) is 2.26. The molecule has 2 heterocycles. The van der Waals surface area contributed by atoms with Gasteiger partial charge in [0.15, 0.2) is 5.13 Å². The third-order valence-electron chi connectivity index (χ3n) is 3.33. The van der Waals surface area contributed by atoms with Crippen molar-refractivity contribution in [1.29, 1.82) is 0 Å². The Balaban J connectivity index is 2.16. The summed E-state index contributed by atoms with van der Waals surface area (Å²) in [5.41, 5.74) is 1.20. The smallest absolute Gasteiger partial charge is 0.186 e. The summed E-state index contributed by atoms with van der Waals surface area (Å²) in [6.07, 6.45) is 5.24. The van der Waals surface area contributed by atoms with Gasteiger partial charge in [0.1, 0.15) is 0 Å². The van der Waals surface area contributed by atoms with Crippen LogP contribution in [0.2, 0.25) is 0 Å². The predicted molar refractivity (Wildman–Crippen MR) is 75.0 cm³/mol. The molecule has 1 unspecified atom stereocenters. The van der Waals surface area contributed by atoms with E-state index in [9.17, 15) is 0 Å². The van der Waals surface area contributed by atoms with E-state index in [1.807, 2.05) is 11.3 Å². The molecule has 0 aromatic carbocycles. The van der Waals surface area contributed by atoms with Gasteiger partial charge in [-0.05, 0) is 39.5 Å². The highest BCUT2D eigenvalue weighted by molar-refractivity contribution is 9.09. The first-order chi connectivity index (χ1) is 7.72. The number of piperidine rings is 1. The molecule has 0 aliphatic carbocycles. The highest BCUT2D eigenvalue weighted by atomic mass is 79.9. The molecule has 16 heavy (non-hydrogen) atoms. The van der Waals surface area contributed by atoms with Gasteiger partial charge in [-0.15, -0.1) is 11.3 Å². The van der Waals surface area contributed by atoms with Gasteiger partial charge in [-0.3, -0.25) is 0 Å². The van der Waals surface area contributed by atoms with E-state index in [-0.39, 0.29) is 0 Å². The molecular formula is C12H19BrN2S. The standard InChI is InChI=1S/C12H19BrN2S/c1-9-10(2)16-12(14-9)15-8-4-3-5-11(15)6-7-13/h11H,3-8H2,1-2H3. The Morgan fingerprint density at radius 2 is 2.25 bits per heavy atom. The van der Waals surface area contributed by atoms with E-state index in [1.165, 1.54) is 47.9 Å². The minimum absolute atomic E-state index is 0.693. The molecule has 2 nitrogen and oxygen atoms in total. The van der Waals surface area contributed by atoms with Crippen molar-refractivity contribution in [2.45, 2.75) is 45.6 Å².